The zero-order valence-electron chi connectivity index (χ0n) is 15.2. The molecule has 0 saturated carbocycles. The summed E-state index contributed by atoms with van der Waals surface area (Å²) in [5, 5.41) is 3.29. The van der Waals surface area contributed by atoms with E-state index in [9.17, 15) is 4.79 Å². The summed E-state index contributed by atoms with van der Waals surface area (Å²) in [5.41, 5.74) is 3.15. The van der Waals surface area contributed by atoms with Gasteiger partial charge in [-0.1, -0.05) is 29.8 Å². The Hall–Kier alpha value is -1.69. The van der Waals surface area contributed by atoms with Gasteiger partial charge in [-0.3, -0.25) is 4.79 Å². The highest BCUT2D eigenvalue weighted by molar-refractivity contribution is 9.10. The minimum Gasteiger partial charge on any atom is -0.496 e. The predicted molar refractivity (Wildman–Crippen MR) is 106 cm³/mol. The number of Topliss-reactive ketones (excluding diaryl/α,β-unsaturated/α-hetero) is 1. The topological polar surface area (TPSA) is 41.6 Å². The van der Waals surface area contributed by atoms with E-state index in [1.807, 2.05) is 0 Å². The van der Waals surface area contributed by atoms with Crippen LogP contribution in [0.3, 0.4) is 0 Å². The number of carbonyl (C=O) groups excluding carboxylic acids is 1. The molecular formula is C20H25BrN2O2. The molecule has 0 aliphatic heterocycles. The third-order valence-corrected chi connectivity index (χ3v) is 4.80. The van der Waals surface area contributed by atoms with Crippen molar-refractivity contribution in [1.82, 2.24) is 10.2 Å². The van der Waals surface area contributed by atoms with Crippen LogP contribution in [0.2, 0.25) is 0 Å². The molecule has 0 heterocycles. The van der Waals surface area contributed by atoms with Crippen LogP contribution in [0.25, 0.3) is 0 Å². The Morgan fingerprint density at radius 1 is 1.20 bits per heavy atom. The van der Waals surface area contributed by atoms with Crippen LogP contribution in [0.5, 0.6) is 5.75 Å². The first-order valence-corrected chi connectivity index (χ1v) is 9.02. The quantitative estimate of drug-likeness (QED) is 0.678. The van der Waals surface area contributed by atoms with Gasteiger partial charge in [0.05, 0.1) is 18.1 Å². The molecule has 0 radical (unpaired) electrons. The number of hydrogen-bond acceptors (Lipinski definition) is 4. The fourth-order valence-electron chi connectivity index (χ4n) is 2.65. The Labute approximate surface area is 158 Å². The maximum absolute atomic E-state index is 12.4. The van der Waals surface area contributed by atoms with Gasteiger partial charge in [-0.05, 0) is 60.7 Å². The zero-order valence-corrected chi connectivity index (χ0v) is 16.8. The number of likely N-dealkylation sites (N-methyl/N-ethyl adjacent to an activating group) is 1. The monoisotopic (exact) mass is 404 g/mol. The molecule has 1 N–H and O–H groups in total. The number of nitrogens with one attached hydrogen (secondary N) is 1. The van der Waals surface area contributed by atoms with Crippen molar-refractivity contribution < 1.29 is 9.53 Å². The van der Waals surface area contributed by atoms with E-state index < -0.39 is 0 Å². The number of aryl methyl sites for hydroxylation is 1. The van der Waals surface area contributed by atoms with Crippen LogP contribution in [0, 0.1) is 6.92 Å². The van der Waals surface area contributed by atoms with Gasteiger partial charge in [0.15, 0.2) is 5.78 Å². The van der Waals surface area contributed by atoms with E-state index in [-0.39, 0.29) is 11.8 Å². The van der Waals surface area contributed by atoms with Gasteiger partial charge in [-0.2, -0.15) is 0 Å². The number of nitrogens with zero attached hydrogens (tertiary/aromatic N) is 1. The second kappa shape index (κ2) is 9.13. The summed E-state index contributed by atoms with van der Waals surface area (Å²) in [7, 11) is 5.71. The molecule has 2 aromatic carbocycles. The van der Waals surface area contributed by atoms with E-state index >= 15 is 0 Å². The molecule has 0 aromatic heterocycles. The van der Waals surface area contributed by atoms with Crippen molar-refractivity contribution in [3.05, 3.63) is 63.6 Å². The van der Waals surface area contributed by atoms with Crippen molar-refractivity contribution in [3.63, 3.8) is 0 Å². The maximum Gasteiger partial charge on any atom is 0.176 e. The molecule has 0 bridgehead atoms. The third kappa shape index (κ3) is 5.39. The van der Waals surface area contributed by atoms with E-state index in [0.29, 0.717) is 18.7 Å². The number of methoxy groups -OCH3 is 1. The number of hydrogen-bond donors (Lipinski definition) is 1. The Balaban J connectivity index is 1.96. The van der Waals surface area contributed by atoms with E-state index in [4.69, 9.17) is 4.74 Å². The molecule has 4 nitrogen and oxygen atoms in total. The molecule has 1 atom stereocenters. The van der Waals surface area contributed by atoms with Gasteiger partial charge in [0.2, 0.25) is 0 Å². The lowest BCUT2D eigenvalue weighted by Gasteiger charge is -2.25. The lowest BCUT2D eigenvalue weighted by Crippen LogP contribution is -2.33. The van der Waals surface area contributed by atoms with Gasteiger partial charge in [0.25, 0.3) is 0 Å². The predicted octanol–water partition coefficient (Wildman–Crippen LogP) is 3.84. The third-order valence-electron chi connectivity index (χ3n) is 4.18. The summed E-state index contributed by atoms with van der Waals surface area (Å²) in [6.45, 7) is 3.09. The van der Waals surface area contributed by atoms with Crippen LogP contribution in [-0.2, 0) is 0 Å². The highest BCUT2D eigenvalue weighted by atomic mass is 79.9. The fraction of sp³-hybridized carbons (Fsp3) is 0.350. The highest BCUT2D eigenvalue weighted by Crippen LogP contribution is 2.25. The number of carbonyl (C=O) groups is 1. The summed E-state index contributed by atoms with van der Waals surface area (Å²) < 4.78 is 5.98. The van der Waals surface area contributed by atoms with Gasteiger partial charge in [0.1, 0.15) is 5.75 Å². The Morgan fingerprint density at radius 2 is 1.88 bits per heavy atom. The first kappa shape index (κ1) is 19.6. The average Bonchev–Trinajstić information content (AvgIpc) is 2.59. The molecule has 0 spiro atoms. The lowest BCUT2D eigenvalue weighted by atomic mass is 10.0. The molecule has 0 aliphatic carbocycles. The molecule has 25 heavy (non-hydrogen) atoms. The molecule has 2 rings (SSSR count). The summed E-state index contributed by atoms with van der Waals surface area (Å²) in [5.74, 6) is 0.779. The minimum absolute atomic E-state index is 0.0600. The highest BCUT2D eigenvalue weighted by Gasteiger charge is 2.15. The van der Waals surface area contributed by atoms with Gasteiger partial charge < -0.3 is 15.0 Å². The van der Waals surface area contributed by atoms with E-state index in [2.05, 4.69) is 71.4 Å². The molecular weight excluding hydrogens is 380 g/mol. The first-order chi connectivity index (χ1) is 11.9. The molecule has 2 aromatic rings. The van der Waals surface area contributed by atoms with Crippen LogP contribution in [0.4, 0.5) is 0 Å². The largest absolute Gasteiger partial charge is 0.496 e. The first-order valence-electron chi connectivity index (χ1n) is 8.23. The normalized spacial score (nSPS) is 12.2. The van der Waals surface area contributed by atoms with Gasteiger partial charge in [-0.25, -0.2) is 0 Å². The summed E-state index contributed by atoms with van der Waals surface area (Å²) in [6.07, 6.45) is 0. The van der Waals surface area contributed by atoms with Crippen LogP contribution < -0.4 is 10.1 Å². The number of ether oxygens (including phenoxy) is 1. The van der Waals surface area contributed by atoms with Crippen molar-refractivity contribution in [2.75, 3.05) is 34.3 Å². The van der Waals surface area contributed by atoms with Crippen LogP contribution in [0.1, 0.15) is 27.5 Å². The second-order valence-corrected chi connectivity index (χ2v) is 7.15. The molecule has 0 fully saturated rings. The Bertz CT molecular complexity index is 714. The smallest absolute Gasteiger partial charge is 0.176 e. The zero-order chi connectivity index (χ0) is 18.4. The summed E-state index contributed by atoms with van der Waals surface area (Å²) >= 11 is 3.42. The van der Waals surface area contributed by atoms with Crippen molar-refractivity contribution in [2.24, 2.45) is 0 Å². The van der Waals surface area contributed by atoms with Crippen LogP contribution in [-0.4, -0.2) is 45.0 Å². The molecule has 0 saturated heterocycles. The molecule has 134 valence electrons. The number of halogens is 1. The number of ketones is 1. The lowest BCUT2D eigenvalue weighted by molar-refractivity contribution is 0.0988. The molecule has 5 heteroatoms. The van der Waals surface area contributed by atoms with Crippen molar-refractivity contribution in [3.8, 4) is 5.75 Å². The van der Waals surface area contributed by atoms with Crippen molar-refractivity contribution >= 4 is 21.7 Å². The Kier molecular flexibility index (Phi) is 7.17. The van der Waals surface area contributed by atoms with Crippen LogP contribution >= 0.6 is 15.9 Å². The molecule has 0 amide bonds. The molecule has 1 unspecified atom stereocenters. The summed E-state index contributed by atoms with van der Waals surface area (Å²) in [4.78, 5) is 14.6. The SMILES string of the molecule is COc1ccc(C(=O)CNCC(c2ccc(C)cc2)N(C)C)cc1Br. The van der Waals surface area contributed by atoms with Gasteiger partial charge in [0, 0.05) is 18.2 Å². The van der Waals surface area contributed by atoms with E-state index in [0.717, 1.165) is 10.2 Å². The minimum atomic E-state index is 0.0600. The number of rotatable bonds is 8. The average molecular weight is 405 g/mol. The van der Waals surface area contributed by atoms with Gasteiger partial charge >= 0.3 is 0 Å². The Morgan fingerprint density at radius 3 is 2.44 bits per heavy atom. The van der Waals surface area contributed by atoms with E-state index in [1.54, 1.807) is 25.3 Å². The summed E-state index contributed by atoms with van der Waals surface area (Å²) in [6, 6.07) is 14.1. The van der Waals surface area contributed by atoms with Crippen molar-refractivity contribution in [1.29, 1.82) is 0 Å². The molecule has 0 aliphatic rings. The second-order valence-electron chi connectivity index (χ2n) is 6.29. The number of benzene rings is 2. The fourth-order valence-corrected chi connectivity index (χ4v) is 3.19. The van der Waals surface area contributed by atoms with Gasteiger partial charge in [-0.15, -0.1) is 0 Å². The maximum atomic E-state index is 12.4. The van der Waals surface area contributed by atoms with Crippen molar-refractivity contribution in [2.45, 2.75) is 13.0 Å². The van der Waals surface area contributed by atoms with Crippen LogP contribution in [0.15, 0.2) is 46.9 Å². The van der Waals surface area contributed by atoms with E-state index in [1.165, 1.54) is 11.1 Å². The standard InChI is InChI=1S/C20H25BrN2O2/c1-14-5-7-15(8-6-14)18(23(2)3)12-22-13-19(24)16-9-10-20(25-4)17(21)11-16/h5-11,18,22H,12-13H2,1-4H3.